The summed E-state index contributed by atoms with van der Waals surface area (Å²) in [7, 11) is 1.60. The highest BCUT2D eigenvalue weighted by atomic mass is 32.1. The van der Waals surface area contributed by atoms with Crippen LogP contribution in [0.1, 0.15) is 17.5 Å². The van der Waals surface area contributed by atoms with Gasteiger partial charge in [0.15, 0.2) is 0 Å². The van der Waals surface area contributed by atoms with Crippen LogP contribution in [0, 0.1) is 11.3 Å². The Bertz CT molecular complexity index is 1070. The van der Waals surface area contributed by atoms with Gasteiger partial charge in [0, 0.05) is 0 Å². The number of rotatable bonds is 7. The van der Waals surface area contributed by atoms with E-state index in [9.17, 15) is 10.1 Å². The molecule has 2 aromatic carbocycles. The predicted octanol–water partition coefficient (Wildman–Crippen LogP) is 4.45. The van der Waals surface area contributed by atoms with Gasteiger partial charge in [-0.3, -0.25) is 10.1 Å². The van der Waals surface area contributed by atoms with E-state index in [2.05, 4.69) is 15.5 Å². The standard InChI is InChI=1S/C21H18N4O3S/c1-3-19-24-25-21(29-19)23-20(26)15(13-22)11-14-5-4-6-18(12-14)28-17-9-7-16(27-2)8-10-17/h4-12H,3H2,1-2H3,(H,23,25,26)/b15-11+. The van der Waals surface area contributed by atoms with Crippen molar-refractivity contribution in [3.05, 3.63) is 64.7 Å². The van der Waals surface area contributed by atoms with Gasteiger partial charge in [-0.25, -0.2) is 0 Å². The van der Waals surface area contributed by atoms with E-state index < -0.39 is 5.91 Å². The smallest absolute Gasteiger partial charge is 0.268 e. The molecular weight excluding hydrogens is 388 g/mol. The molecule has 8 heteroatoms. The summed E-state index contributed by atoms with van der Waals surface area (Å²) in [5.74, 6) is 1.43. The van der Waals surface area contributed by atoms with Gasteiger partial charge in [0.05, 0.1) is 7.11 Å². The number of hydrogen-bond donors (Lipinski definition) is 1. The number of nitriles is 1. The Kier molecular flexibility index (Phi) is 6.55. The molecule has 0 aliphatic rings. The molecule has 0 saturated heterocycles. The SMILES string of the molecule is CCc1nnc(NC(=O)/C(C#N)=C/c2cccc(Oc3ccc(OC)cc3)c2)s1. The highest BCUT2D eigenvalue weighted by molar-refractivity contribution is 7.15. The molecule has 0 aliphatic carbocycles. The highest BCUT2D eigenvalue weighted by Crippen LogP contribution is 2.25. The average Bonchev–Trinajstić information content (AvgIpc) is 3.20. The fourth-order valence-corrected chi connectivity index (χ4v) is 3.05. The van der Waals surface area contributed by atoms with E-state index in [0.717, 1.165) is 17.2 Å². The van der Waals surface area contributed by atoms with Crippen molar-refractivity contribution in [3.63, 3.8) is 0 Å². The first-order chi connectivity index (χ1) is 14.1. The maximum absolute atomic E-state index is 12.4. The zero-order chi connectivity index (χ0) is 20.6. The summed E-state index contributed by atoms with van der Waals surface area (Å²) in [5, 5.41) is 21.0. The molecule has 3 aromatic rings. The molecule has 0 fully saturated rings. The van der Waals surface area contributed by atoms with Crippen LogP contribution in [0.3, 0.4) is 0 Å². The molecule has 0 unspecified atom stereocenters. The van der Waals surface area contributed by atoms with Gasteiger partial charge in [-0.2, -0.15) is 5.26 Å². The largest absolute Gasteiger partial charge is 0.497 e. The van der Waals surface area contributed by atoms with E-state index in [4.69, 9.17) is 9.47 Å². The van der Waals surface area contributed by atoms with E-state index in [1.807, 2.05) is 13.0 Å². The second-order valence-corrected chi connectivity index (χ2v) is 6.89. The third kappa shape index (κ3) is 5.40. The number of methoxy groups -OCH3 is 1. The Hall–Kier alpha value is -3.70. The molecule has 3 rings (SSSR count). The van der Waals surface area contributed by atoms with Crippen LogP contribution in [0.2, 0.25) is 0 Å². The van der Waals surface area contributed by atoms with Crippen LogP contribution in [0.25, 0.3) is 6.08 Å². The minimum absolute atomic E-state index is 0.0418. The molecular formula is C21H18N4O3S. The van der Waals surface area contributed by atoms with Gasteiger partial charge in [-0.1, -0.05) is 30.4 Å². The first kappa shape index (κ1) is 20.0. The van der Waals surface area contributed by atoms with E-state index in [1.165, 1.54) is 17.4 Å². The molecule has 1 N–H and O–H groups in total. The van der Waals surface area contributed by atoms with Crippen LogP contribution >= 0.6 is 11.3 Å². The van der Waals surface area contributed by atoms with Gasteiger partial charge in [0.2, 0.25) is 5.13 Å². The van der Waals surface area contributed by atoms with Gasteiger partial charge in [-0.05, 0) is 54.5 Å². The Balaban J connectivity index is 1.74. The van der Waals surface area contributed by atoms with Crippen molar-refractivity contribution < 1.29 is 14.3 Å². The molecule has 146 valence electrons. The Labute approximate surface area is 172 Å². The number of nitrogens with zero attached hydrogens (tertiary/aromatic N) is 3. The third-order valence-electron chi connectivity index (χ3n) is 3.82. The van der Waals surface area contributed by atoms with Crippen molar-refractivity contribution in [1.82, 2.24) is 10.2 Å². The minimum Gasteiger partial charge on any atom is -0.497 e. The van der Waals surface area contributed by atoms with Gasteiger partial charge in [-0.15, -0.1) is 10.2 Å². The molecule has 7 nitrogen and oxygen atoms in total. The van der Waals surface area contributed by atoms with Crippen LogP contribution < -0.4 is 14.8 Å². The number of anilines is 1. The number of hydrogen-bond acceptors (Lipinski definition) is 7. The lowest BCUT2D eigenvalue weighted by Crippen LogP contribution is -2.13. The van der Waals surface area contributed by atoms with Crippen molar-refractivity contribution in [2.75, 3.05) is 12.4 Å². The second kappa shape index (κ2) is 9.48. The Morgan fingerprint density at radius 2 is 1.93 bits per heavy atom. The number of carbonyl (C=O) groups excluding carboxylic acids is 1. The van der Waals surface area contributed by atoms with Gasteiger partial charge in [0.1, 0.15) is 33.9 Å². The molecule has 29 heavy (non-hydrogen) atoms. The van der Waals surface area contributed by atoms with E-state index in [1.54, 1.807) is 55.6 Å². The summed E-state index contributed by atoms with van der Waals surface area (Å²) in [6.07, 6.45) is 2.23. The maximum atomic E-state index is 12.4. The lowest BCUT2D eigenvalue weighted by molar-refractivity contribution is -0.112. The highest BCUT2D eigenvalue weighted by Gasteiger charge is 2.12. The lowest BCUT2D eigenvalue weighted by Gasteiger charge is -2.07. The summed E-state index contributed by atoms with van der Waals surface area (Å²) in [5.41, 5.74) is 0.620. The number of amides is 1. The van der Waals surface area contributed by atoms with E-state index >= 15 is 0 Å². The van der Waals surface area contributed by atoms with E-state index in [-0.39, 0.29) is 5.57 Å². The third-order valence-corrected chi connectivity index (χ3v) is 4.80. The predicted molar refractivity (Wildman–Crippen MR) is 111 cm³/mol. The molecule has 1 amide bonds. The average molecular weight is 406 g/mol. The summed E-state index contributed by atoms with van der Waals surface area (Å²) in [6, 6.07) is 16.2. The van der Waals surface area contributed by atoms with Crippen molar-refractivity contribution in [3.8, 4) is 23.3 Å². The molecule has 0 spiro atoms. The zero-order valence-electron chi connectivity index (χ0n) is 15.9. The first-order valence-electron chi connectivity index (χ1n) is 8.78. The summed E-state index contributed by atoms with van der Waals surface area (Å²) in [6.45, 7) is 1.95. The fourth-order valence-electron chi connectivity index (χ4n) is 2.37. The quantitative estimate of drug-likeness (QED) is 0.460. The maximum Gasteiger partial charge on any atom is 0.268 e. The van der Waals surface area contributed by atoms with E-state index in [0.29, 0.717) is 22.2 Å². The number of ether oxygens (including phenoxy) is 2. The monoisotopic (exact) mass is 406 g/mol. The normalized spacial score (nSPS) is 10.9. The van der Waals surface area contributed by atoms with Crippen LogP contribution in [0.4, 0.5) is 5.13 Å². The summed E-state index contributed by atoms with van der Waals surface area (Å²) < 4.78 is 10.9. The van der Waals surface area contributed by atoms with Crippen LogP contribution in [-0.2, 0) is 11.2 Å². The van der Waals surface area contributed by atoms with Crippen LogP contribution in [0.15, 0.2) is 54.1 Å². The topological polar surface area (TPSA) is 97.1 Å². The number of aromatic nitrogens is 2. The number of aryl methyl sites for hydroxylation is 1. The number of carbonyl (C=O) groups is 1. The molecule has 0 atom stereocenters. The number of nitrogens with one attached hydrogen (secondary N) is 1. The Morgan fingerprint density at radius 1 is 1.17 bits per heavy atom. The zero-order valence-corrected chi connectivity index (χ0v) is 16.7. The molecule has 1 aromatic heterocycles. The fraction of sp³-hybridized carbons (Fsp3) is 0.143. The number of benzene rings is 2. The molecule has 1 heterocycles. The van der Waals surface area contributed by atoms with Gasteiger partial charge >= 0.3 is 0 Å². The van der Waals surface area contributed by atoms with Crippen molar-refractivity contribution in [2.45, 2.75) is 13.3 Å². The van der Waals surface area contributed by atoms with Crippen LogP contribution in [-0.4, -0.2) is 23.2 Å². The van der Waals surface area contributed by atoms with Crippen LogP contribution in [0.5, 0.6) is 17.2 Å². The molecule has 0 aliphatic heterocycles. The van der Waals surface area contributed by atoms with Crippen molar-refractivity contribution in [1.29, 1.82) is 5.26 Å². The first-order valence-corrected chi connectivity index (χ1v) is 9.60. The summed E-state index contributed by atoms with van der Waals surface area (Å²) >= 11 is 1.28. The Morgan fingerprint density at radius 3 is 2.59 bits per heavy atom. The van der Waals surface area contributed by atoms with Crippen molar-refractivity contribution >= 4 is 28.5 Å². The molecule has 0 radical (unpaired) electrons. The van der Waals surface area contributed by atoms with Gasteiger partial charge in [0.25, 0.3) is 5.91 Å². The van der Waals surface area contributed by atoms with Crippen molar-refractivity contribution in [2.24, 2.45) is 0 Å². The second-order valence-electron chi connectivity index (χ2n) is 5.83. The van der Waals surface area contributed by atoms with Gasteiger partial charge < -0.3 is 9.47 Å². The minimum atomic E-state index is -0.534. The molecule has 0 bridgehead atoms. The molecule has 0 saturated carbocycles. The lowest BCUT2D eigenvalue weighted by atomic mass is 10.1. The summed E-state index contributed by atoms with van der Waals surface area (Å²) in [4.78, 5) is 12.4.